The van der Waals surface area contributed by atoms with Crippen LogP contribution in [0, 0.1) is 19.7 Å². The quantitative estimate of drug-likeness (QED) is 0.842. The molecular formula is C14H21FN2O. The number of benzene rings is 1. The average Bonchev–Trinajstić information content (AvgIpc) is 2.24. The summed E-state index contributed by atoms with van der Waals surface area (Å²) in [4.78, 5) is 11.4. The molecule has 1 amide bonds. The Labute approximate surface area is 108 Å². The van der Waals surface area contributed by atoms with E-state index in [4.69, 9.17) is 0 Å². The van der Waals surface area contributed by atoms with Gasteiger partial charge in [0.15, 0.2) is 0 Å². The molecule has 1 aromatic carbocycles. The second-order valence-corrected chi connectivity index (χ2v) is 4.87. The molecule has 0 aliphatic rings. The van der Waals surface area contributed by atoms with Gasteiger partial charge in [-0.25, -0.2) is 4.39 Å². The minimum atomic E-state index is -0.156. The number of carbonyl (C=O) groups is 1. The van der Waals surface area contributed by atoms with Crippen molar-refractivity contribution in [2.45, 2.75) is 40.3 Å². The predicted octanol–water partition coefficient (Wildman–Crippen LogP) is 2.06. The maximum Gasteiger partial charge on any atom is 0.234 e. The van der Waals surface area contributed by atoms with E-state index in [1.54, 1.807) is 26.0 Å². The summed E-state index contributed by atoms with van der Waals surface area (Å²) in [7, 11) is 0. The molecule has 0 fully saturated rings. The summed E-state index contributed by atoms with van der Waals surface area (Å²) in [6.07, 6.45) is 0. The second kappa shape index (κ2) is 6.50. The molecular weight excluding hydrogens is 231 g/mol. The average molecular weight is 252 g/mol. The molecule has 2 N–H and O–H groups in total. The molecule has 3 nitrogen and oxygen atoms in total. The third-order valence-corrected chi connectivity index (χ3v) is 2.56. The number of halogens is 1. The lowest BCUT2D eigenvalue weighted by molar-refractivity contribution is -0.120. The van der Waals surface area contributed by atoms with Crippen molar-refractivity contribution in [3.8, 4) is 0 Å². The summed E-state index contributed by atoms with van der Waals surface area (Å²) in [6, 6.07) is 3.75. The second-order valence-electron chi connectivity index (χ2n) is 4.87. The van der Waals surface area contributed by atoms with Gasteiger partial charge in [-0.2, -0.15) is 0 Å². The number of hydrogen-bond acceptors (Lipinski definition) is 2. The number of amides is 1. The number of nitrogens with one attached hydrogen (secondary N) is 2. The standard InChI is InChI=1S/C14H21FN2O/c1-9(2)17-13(18)8-16-7-12-5-10(3)14(15)11(4)6-12/h5-6,9,16H,7-8H2,1-4H3,(H,17,18). The molecule has 1 aromatic rings. The monoisotopic (exact) mass is 252 g/mol. The van der Waals surface area contributed by atoms with Gasteiger partial charge in [0.2, 0.25) is 5.91 Å². The molecule has 0 heterocycles. The van der Waals surface area contributed by atoms with Crippen LogP contribution in [0.3, 0.4) is 0 Å². The van der Waals surface area contributed by atoms with Crippen LogP contribution < -0.4 is 10.6 Å². The van der Waals surface area contributed by atoms with Gasteiger partial charge in [-0.15, -0.1) is 0 Å². The molecule has 18 heavy (non-hydrogen) atoms. The van der Waals surface area contributed by atoms with E-state index in [-0.39, 0.29) is 24.3 Å². The van der Waals surface area contributed by atoms with Gasteiger partial charge >= 0.3 is 0 Å². The van der Waals surface area contributed by atoms with Gasteiger partial charge in [0, 0.05) is 12.6 Å². The predicted molar refractivity (Wildman–Crippen MR) is 70.9 cm³/mol. The highest BCUT2D eigenvalue weighted by Gasteiger charge is 2.05. The van der Waals surface area contributed by atoms with Gasteiger partial charge < -0.3 is 10.6 Å². The Balaban J connectivity index is 2.47. The minimum Gasteiger partial charge on any atom is -0.353 e. The molecule has 100 valence electrons. The summed E-state index contributed by atoms with van der Waals surface area (Å²) < 4.78 is 13.4. The fourth-order valence-corrected chi connectivity index (χ4v) is 1.83. The van der Waals surface area contributed by atoms with Crippen LogP contribution in [-0.2, 0) is 11.3 Å². The van der Waals surface area contributed by atoms with Gasteiger partial charge in [0.25, 0.3) is 0 Å². The van der Waals surface area contributed by atoms with Crippen LogP contribution in [-0.4, -0.2) is 18.5 Å². The zero-order valence-electron chi connectivity index (χ0n) is 11.4. The fraction of sp³-hybridized carbons (Fsp3) is 0.500. The molecule has 0 saturated carbocycles. The maximum absolute atomic E-state index is 13.4. The summed E-state index contributed by atoms with van der Waals surface area (Å²) in [5.41, 5.74) is 2.26. The summed E-state index contributed by atoms with van der Waals surface area (Å²) in [5, 5.41) is 5.85. The molecule has 0 aromatic heterocycles. The highest BCUT2D eigenvalue weighted by Crippen LogP contribution is 2.14. The number of rotatable bonds is 5. The van der Waals surface area contributed by atoms with Gasteiger partial charge in [-0.05, 0) is 44.4 Å². The normalized spacial score (nSPS) is 10.8. The Morgan fingerprint density at radius 1 is 1.28 bits per heavy atom. The van der Waals surface area contributed by atoms with Crippen LogP contribution in [0.2, 0.25) is 0 Å². The first kappa shape index (κ1) is 14.6. The first-order valence-electron chi connectivity index (χ1n) is 6.16. The van der Waals surface area contributed by atoms with Crippen molar-refractivity contribution in [2.75, 3.05) is 6.54 Å². The van der Waals surface area contributed by atoms with Crippen LogP contribution in [0.15, 0.2) is 12.1 Å². The van der Waals surface area contributed by atoms with Gasteiger partial charge in [0.05, 0.1) is 6.54 Å². The van der Waals surface area contributed by atoms with E-state index >= 15 is 0 Å². The van der Waals surface area contributed by atoms with Crippen LogP contribution in [0.5, 0.6) is 0 Å². The van der Waals surface area contributed by atoms with E-state index in [0.717, 1.165) is 5.56 Å². The van der Waals surface area contributed by atoms with Crippen LogP contribution in [0.4, 0.5) is 4.39 Å². The van der Waals surface area contributed by atoms with Crippen LogP contribution in [0.1, 0.15) is 30.5 Å². The highest BCUT2D eigenvalue weighted by molar-refractivity contribution is 5.78. The van der Waals surface area contributed by atoms with E-state index in [0.29, 0.717) is 17.7 Å². The smallest absolute Gasteiger partial charge is 0.234 e. The minimum absolute atomic E-state index is 0.0273. The zero-order chi connectivity index (χ0) is 13.7. The Kier molecular flexibility index (Phi) is 5.28. The van der Waals surface area contributed by atoms with Crippen LogP contribution in [0.25, 0.3) is 0 Å². The maximum atomic E-state index is 13.4. The Hall–Kier alpha value is -1.42. The molecule has 0 radical (unpaired) electrons. The Morgan fingerprint density at radius 2 is 1.83 bits per heavy atom. The van der Waals surface area contributed by atoms with Gasteiger partial charge in [-0.1, -0.05) is 12.1 Å². The van der Waals surface area contributed by atoms with Crippen LogP contribution >= 0.6 is 0 Å². The third-order valence-electron chi connectivity index (χ3n) is 2.56. The molecule has 0 spiro atoms. The number of hydrogen-bond donors (Lipinski definition) is 2. The molecule has 0 unspecified atom stereocenters. The van der Waals surface area contributed by atoms with Crippen molar-refractivity contribution in [3.63, 3.8) is 0 Å². The van der Waals surface area contributed by atoms with E-state index in [9.17, 15) is 9.18 Å². The first-order chi connectivity index (χ1) is 8.40. The topological polar surface area (TPSA) is 41.1 Å². The SMILES string of the molecule is Cc1cc(CNCC(=O)NC(C)C)cc(C)c1F. The summed E-state index contributed by atoms with van der Waals surface area (Å²) in [5.74, 6) is -0.183. The van der Waals surface area contributed by atoms with E-state index in [1.165, 1.54) is 0 Å². The Morgan fingerprint density at radius 3 is 2.33 bits per heavy atom. The molecule has 4 heteroatoms. The lowest BCUT2D eigenvalue weighted by atomic mass is 10.1. The zero-order valence-corrected chi connectivity index (χ0v) is 11.4. The number of carbonyl (C=O) groups excluding carboxylic acids is 1. The summed E-state index contributed by atoms with van der Waals surface area (Å²) >= 11 is 0. The van der Waals surface area contributed by atoms with Crippen molar-refractivity contribution < 1.29 is 9.18 Å². The van der Waals surface area contributed by atoms with Crippen molar-refractivity contribution in [3.05, 3.63) is 34.6 Å². The molecule has 0 aliphatic carbocycles. The van der Waals surface area contributed by atoms with Crippen molar-refractivity contribution >= 4 is 5.91 Å². The van der Waals surface area contributed by atoms with Crippen molar-refractivity contribution in [1.29, 1.82) is 0 Å². The van der Waals surface area contributed by atoms with Gasteiger partial charge in [-0.3, -0.25) is 4.79 Å². The molecule has 0 saturated heterocycles. The number of aryl methyl sites for hydroxylation is 2. The van der Waals surface area contributed by atoms with E-state index in [2.05, 4.69) is 10.6 Å². The molecule has 1 rings (SSSR count). The fourth-order valence-electron chi connectivity index (χ4n) is 1.83. The van der Waals surface area contributed by atoms with E-state index < -0.39 is 0 Å². The van der Waals surface area contributed by atoms with Crippen molar-refractivity contribution in [1.82, 2.24) is 10.6 Å². The molecule has 0 bridgehead atoms. The molecule has 0 atom stereocenters. The lowest BCUT2D eigenvalue weighted by Crippen LogP contribution is -2.37. The first-order valence-corrected chi connectivity index (χ1v) is 6.16. The largest absolute Gasteiger partial charge is 0.353 e. The summed E-state index contributed by atoms with van der Waals surface area (Å²) in [6.45, 7) is 8.17. The van der Waals surface area contributed by atoms with E-state index in [1.807, 2.05) is 13.8 Å². The van der Waals surface area contributed by atoms with Gasteiger partial charge in [0.1, 0.15) is 5.82 Å². The highest BCUT2D eigenvalue weighted by atomic mass is 19.1. The lowest BCUT2D eigenvalue weighted by Gasteiger charge is -2.10. The molecule has 0 aliphatic heterocycles. The third kappa shape index (κ3) is 4.45. The Bertz CT molecular complexity index is 407. The van der Waals surface area contributed by atoms with Crippen molar-refractivity contribution in [2.24, 2.45) is 0 Å².